The maximum atomic E-state index is 5.99. The van der Waals surface area contributed by atoms with E-state index in [0.717, 1.165) is 17.8 Å². The molecule has 0 aromatic heterocycles. The molecule has 1 aromatic rings. The number of hydrogen-bond donors (Lipinski definition) is 0. The average molecular weight is 351 g/mol. The van der Waals surface area contributed by atoms with Gasteiger partial charge in [-0.1, -0.05) is 50.0 Å². The molecule has 3 heterocycles. The Bertz CT molecular complexity index is 884. The zero-order valence-electron chi connectivity index (χ0n) is 14.7. The van der Waals surface area contributed by atoms with Gasteiger partial charge in [-0.3, -0.25) is 0 Å². The van der Waals surface area contributed by atoms with Crippen LogP contribution in [0.15, 0.2) is 48.0 Å². The van der Waals surface area contributed by atoms with Crippen LogP contribution in [0.1, 0.15) is 11.3 Å². The Labute approximate surface area is 148 Å². The number of aliphatic imine (C=N–C) groups is 1. The summed E-state index contributed by atoms with van der Waals surface area (Å²) >= 11 is 0. The fourth-order valence-electron chi connectivity index (χ4n) is 3.05. The molecule has 1 atom stereocenters. The van der Waals surface area contributed by atoms with E-state index in [2.05, 4.69) is 63.1 Å². The highest BCUT2D eigenvalue weighted by atomic mass is 28.3. The Hall–Kier alpha value is -2.54. The van der Waals surface area contributed by atoms with Crippen LogP contribution in [-0.2, 0) is 11.2 Å². The number of aromatic nitrogens is 4. The highest BCUT2D eigenvalue weighted by Crippen LogP contribution is 2.26. The molecule has 0 saturated heterocycles. The smallest absolute Gasteiger partial charge is 0.235 e. The lowest BCUT2D eigenvalue weighted by Gasteiger charge is -2.25. The van der Waals surface area contributed by atoms with E-state index in [1.165, 1.54) is 5.56 Å². The molecule has 0 spiro atoms. The van der Waals surface area contributed by atoms with Crippen LogP contribution in [0.2, 0.25) is 19.6 Å². The lowest BCUT2D eigenvalue weighted by molar-refractivity contribution is 0.316. The summed E-state index contributed by atoms with van der Waals surface area (Å²) in [7, 11) is -1.71. The summed E-state index contributed by atoms with van der Waals surface area (Å²) in [6, 6.07) is 10.5. The second kappa shape index (κ2) is 6.07. The van der Waals surface area contributed by atoms with Crippen molar-refractivity contribution >= 4 is 14.1 Å². The predicted molar refractivity (Wildman–Crippen MR) is 99.6 cm³/mol. The number of benzene rings is 1. The van der Waals surface area contributed by atoms with E-state index in [-0.39, 0.29) is 6.04 Å². The van der Waals surface area contributed by atoms with E-state index in [9.17, 15) is 0 Å². The zero-order chi connectivity index (χ0) is 17.4. The van der Waals surface area contributed by atoms with Crippen molar-refractivity contribution in [1.82, 2.24) is 19.2 Å². The second-order valence-electron chi connectivity index (χ2n) is 7.27. The first-order chi connectivity index (χ1) is 12.0. The van der Waals surface area contributed by atoms with Crippen molar-refractivity contribution in [1.29, 1.82) is 0 Å². The summed E-state index contributed by atoms with van der Waals surface area (Å²) in [5.41, 5.74) is 2.95. The van der Waals surface area contributed by atoms with Crippen molar-refractivity contribution in [2.75, 3.05) is 6.61 Å². The van der Waals surface area contributed by atoms with Gasteiger partial charge in [-0.15, -0.1) is 0 Å². The molecule has 6 nitrogen and oxygen atoms in total. The third kappa shape index (κ3) is 3.07. The second-order valence-corrected chi connectivity index (χ2v) is 12.1. The van der Waals surface area contributed by atoms with E-state index < -0.39 is 8.24 Å². The Morgan fingerprint density at radius 1 is 1.12 bits per heavy atom. The zero-order valence-corrected chi connectivity index (χ0v) is 15.7. The first-order valence-corrected chi connectivity index (χ1v) is 11.9. The highest BCUT2D eigenvalue weighted by molar-refractivity contribution is 6.74. The van der Waals surface area contributed by atoms with Crippen molar-refractivity contribution in [3.63, 3.8) is 0 Å². The van der Waals surface area contributed by atoms with Crippen molar-refractivity contribution in [3.8, 4) is 11.5 Å². The summed E-state index contributed by atoms with van der Waals surface area (Å²) < 4.78 is 8.20. The van der Waals surface area contributed by atoms with Crippen molar-refractivity contribution < 1.29 is 4.74 Å². The van der Waals surface area contributed by atoms with Crippen LogP contribution in [0.4, 0.5) is 0 Å². The normalized spacial score (nSPS) is 17.6. The lowest BCUT2D eigenvalue weighted by atomic mass is 10.1. The minimum absolute atomic E-state index is 0.124. The third-order valence-corrected chi connectivity index (χ3v) is 6.08. The van der Waals surface area contributed by atoms with Gasteiger partial charge in [0.2, 0.25) is 5.90 Å². The number of ether oxygens (including phenoxy) is 1. The lowest BCUT2D eigenvalue weighted by Crippen LogP contribution is -2.36. The Kier molecular flexibility index (Phi) is 3.87. The van der Waals surface area contributed by atoms with E-state index in [1.807, 2.05) is 12.4 Å². The van der Waals surface area contributed by atoms with Crippen molar-refractivity contribution in [2.45, 2.75) is 32.1 Å². The molecule has 7 heteroatoms. The first-order valence-electron chi connectivity index (χ1n) is 8.46. The van der Waals surface area contributed by atoms with Gasteiger partial charge in [-0.25, -0.2) is 19.9 Å². The van der Waals surface area contributed by atoms with Gasteiger partial charge in [0.15, 0.2) is 14.1 Å². The summed E-state index contributed by atoms with van der Waals surface area (Å²) in [5, 5.41) is 0. The van der Waals surface area contributed by atoms with Gasteiger partial charge in [-0.2, -0.15) is 0 Å². The van der Waals surface area contributed by atoms with Crippen LogP contribution in [0.25, 0.3) is 11.5 Å². The number of rotatable bonds is 4. The number of nitrogens with zero attached hydrogens (tertiary/aromatic N) is 5. The molecule has 3 aliphatic rings. The van der Waals surface area contributed by atoms with Crippen LogP contribution in [0.5, 0.6) is 0 Å². The van der Waals surface area contributed by atoms with Gasteiger partial charge in [0.25, 0.3) is 0 Å². The maximum Gasteiger partial charge on any atom is 0.235 e. The van der Waals surface area contributed by atoms with Crippen LogP contribution in [0.3, 0.4) is 0 Å². The van der Waals surface area contributed by atoms with Crippen LogP contribution in [-0.4, -0.2) is 46.0 Å². The van der Waals surface area contributed by atoms with Gasteiger partial charge >= 0.3 is 0 Å². The van der Waals surface area contributed by atoms with Crippen LogP contribution < -0.4 is 0 Å². The molecular formula is C18H21N5OSi. The fourth-order valence-corrected chi connectivity index (χ4v) is 4.33. The molecule has 0 fully saturated rings. The summed E-state index contributed by atoms with van der Waals surface area (Å²) in [6.07, 6.45) is 4.28. The highest BCUT2D eigenvalue weighted by Gasteiger charge is 2.31. The molecule has 1 aromatic carbocycles. The number of fused-ring (bicyclic) bond motifs is 1. The molecule has 128 valence electrons. The van der Waals surface area contributed by atoms with Gasteiger partial charge in [-0.05, 0) is 12.0 Å². The summed E-state index contributed by atoms with van der Waals surface area (Å²) in [5.74, 6) is 1.30. The predicted octanol–water partition coefficient (Wildman–Crippen LogP) is 2.85. The summed E-state index contributed by atoms with van der Waals surface area (Å²) in [4.78, 5) is 17.9. The molecule has 0 saturated carbocycles. The third-order valence-electron chi connectivity index (χ3n) is 4.29. The van der Waals surface area contributed by atoms with Gasteiger partial charge < -0.3 is 8.97 Å². The minimum atomic E-state index is -1.71. The quantitative estimate of drug-likeness (QED) is 0.678. The van der Waals surface area contributed by atoms with E-state index in [0.29, 0.717) is 18.3 Å². The largest absolute Gasteiger partial charge is 0.474 e. The molecule has 0 bridgehead atoms. The molecule has 0 amide bonds. The topological polar surface area (TPSA) is 65.2 Å². The van der Waals surface area contributed by atoms with E-state index in [4.69, 9.17) is 9.73 Å². The molecule has 4 rings (SSSR count). The molecule has 1 unspecified atom stereocenters. The Morgan fingerprint density at radius 3 is 2.68 bits per heavy atom. The van der Waals surface area contributed by atoms with Gasteiger partial charge in [0, 0.05) is 0 Å². The molecule has 0 radical (unpaired) electrons. The molecular weight excluding hydrogens is 330 g/mol. The van der Waals surface area contributed by atoms with Crippen molar-refractivity contribution in [3.05, 3.63) is 54.2 Å². The fraction of sp³-hybridized carbons (Fsp3) is 0.333. The van der Waals surface area contributed by atoms with Crippen LogP contribution >= 0.6 is 0 Å². The maximum absolute atomic E-state index is 5.99. The SMILES string of the molecule is C[Si](C)(C)n1cnc2ncnc-2c1C1=NC(Cc2ccccc2)CO1. The number of imidazole rings is 1. The standard InChI is InChI=1S/C18H21N5OSi/c1-25(2,3)23-12-21-17-15(19-11-20-17)16(23)18-22-14(10-24-18)9-13-7-5-4-6-8-13/h4-8,11-12,14H,9-10H2,1-3H3. The molecule has 0 N–H and O–H groups in total. The Balaban J connectivity index is 1.72. The van der Waals surface area contributed by atoms with Crippen molar-refractivity contribution in [2.24, 2.45) is 4.99 Å². The average Bonchev–Trinajstić information content (AvgIpc) is 3.23. The summed E-state index contributed by atoms with van der Waals surface area (Å²) in [6.45, 7) is 7.37. The molecule has 3 aliphatic heterocycles. The minimum Gasteiger partial charge on any atom is -0.474 e. The van der Waals surface area contributed by atoms with Gasteiger partial charge in [0.1, 0.15) is 24.3 Å². The first kappa shape index (κ1) is 16.0. The van der Waals surface area contributed by atoms with Gasteiger partial charge in [0.05, 0.1) is 12.4 Å². The van der Waals surface area contributed by atoms with E-state index >= 15 is 0 Å². The Morgan fingerprint density at radius 2 is 1.92 bits per heavy atom. The number of hydrogen-bond acceptors (Lipinski definition) is 5. The van der Waals surface area contributed by atoms with E-state index in [1.54, 1.807) is 6.33 Å². The van der Waals surface area contributed by atoms with Crippen LogP contribution in [0, 0.1) is 0 Å². The molecule has 25 heavy (non-hydrogen) atoms. The monoisotopic (exact) mass is 351 g/mol. The molecule has 0 aliphatic carbocycles.